The lowest BCUT2D eigenvalue weighted by atomic mass is 9.83. The summed E-state index contributed by atoms with van der Waals surface area (Å²) in [5.74, 6) is 0.963. The van der Waals surface area contributed by atoms with Crippen molar-refractivity contribution in [3.05, 3.63) is 0 Å². The lowest BCUT2D eigenvalue weighted by molar-refractivity contribution is -0.122. The maximum Gasteiger partial charge on any atom is 0.236 e. The topological polar surface area (TPSA) is 29.1 Å². The first kappa shape index (κ1) is 11.0. The summed E-state index contributed by atoms with van der Waals surface area (Å²) in [5, 5.41) is 2.94. The molecule has 1 amide bonds. The predicted octanol–water partition coefficient (Wildman–Crippen LogP) is 2.47. The molecule has 0 aromatic rings. The number of nitrogens with one attached hydrogen (secondary N) is 1. The van der Waals surface area contributed by atoms with E-state index in [0.717, 1.165) is 18.9 Å². The Hall–Kier alpha value is -0.0500. The number of carbonyl (C=O) groups is 1. The summed E-state index contributed by atoms with van der Waals surface area (Å²) in [6.07, 6.45) is 5.23. The van der Waals surface area contributed by atoms with Crippen molar-refractivity contribution in [2.45, 2.75) is 43.9 Å². The molecule has 0 aromatic carbocycles. The largest absolute Gasteiger partial charge is 0.355 e. The summed E-state index contributed by atoms with van der Waals surface area (Å²) >= 11 is 3.33. The molecular formula is C10H18BrNO. The second-order valence-corrected chi connectivity index (χ2v) is 6.30. The molecule has 76 valence electrons. The van der Waals surface area contributed by atoms with Crippen LogP contribution in [0.2, 0.25) is 0 Å². The van der Waals surface area contributed by atoms with Crippen LogP contribution in [0.3, 0.4) is 0 Å². The molecule has 1 fully saturated rings. The first-order chi connectivity index (χ1) is 6.00. The van der Waals surface area contributed by atoms with Crippen molar-refractivity contribution in [3.63, 3.8) is 0 Å². The number of carbonyl (C=O) groups excluding carboxylic acids is 1. The highest BCUT2D eigenvalue weighted by Crippen LogP contribution is 2.28. The third kappa shape index (κ3) is 3.67. The minimum absolute atomic E-state index is 0.0897. The van der Waals surface area contributed by atoms with E-state index in [2.05, 4.69) is 21.2 Å². The van der Waals surface area contributed by atoms with Crippen LogP contribution in [0.15, 0.2) is 0 Å². The minimum Gasteiger partial charge on any atom is -0.355 e. The zero-order valence-corrected chi connectivity index (χ0v) is 9.99. The summed E-state index contributed by atoms with van der Waals surface area (Å²) in [4.78, 5) is 11.4. The third-order valence-corrected chi connectivity index (χ3v) is 2.96. The number of halogens is 1. The Bertz CT molecular complexity index is 182. The lowest BCUT2D eigenvalue weighted by Gasteiger charge is -2.25. The predicted molar refractivity (Wildman–Crippen MR) is 58.0 cm³/mol. The van der Waals surface area contributed by atoms with Gasteiger partial charge >= 0.3 is 0 Å². The molecule has 1 saturated carbocycles. The molecule has 0 aliphatic heterocycles. The first-order valence-electron chi connectivity index (χ1n) is 4.97. The lowest BCUT2D eigenvalue weighted by Crippen LogP contribution is -2.38. The van der Waals surface area contributed by atoms with Crippen molar-refractivity contribution in [3.8, 4) is 0 Å². The Morgan fingerprint density at radius 2 is 2.15 bits per heavy atom. The molecular weight excluding hydrogens is 230 g/mol. The van der Waals surface area contributed by atoms with Gasteiger partial charge in [0.05, 0.1) is 4.32 Å². The zero-order valence-electron chi connectivity index (χ0n) is 8.40. The van der Waals surface area contributed by atoms with Crippen LogP contribution in [-0.2, 0) is 4.79 Å². The van der Waals surface area contributed by atoms with Crippen LogP contribution in [0.25, 0.3) is 0 Å². The smallest absolute Gasteiger partial charge is 0.236 e. The van der Waals surface area contributed by atoms with Gasteiger partial charge in [0, 0.05) is 6.54 Å². The maximum absolute atomic E-state index is 11.4. The second-order valence-electron chi connectivity index (χ2n) is 4.31. The number of amides is 1. The van der Waals surface area contributed by atoms with Crippen LogP contribution in [-0.4, -0.2) is 16.8 Å². The van der Waals surface area contributed by atoms with Gasteiger partial charge in [-0.3, -0.25) is 4.79 Å². The molecule has 0 saturated heterocycles. The van der Waals surface area contributed by atoms with E-state index in [1.165, 1.54) is 19.3 Å². The van der Waals surface area contributed by atoms with Crippen LogP contribution in [0.5, 0.6) is 0 Å². The first-order valence-corrected chi connectivity index (χ1v) is 5.76. The number of hydrogen-bond donors (Lipinski definition) is 1. The van der Waals surface area contributed by atoms with Gasteiger partial charge in [0.25, 0.3) is 0 Å². The van der Waals surface area contributed by atoms with Crippen molar-refractivity contribution in [1.29, 1.82) is 0 Å². The van der Waals surface area contributed by atoms with Gasteiger partial charge in [0.2, 0.25) is 5.91 Å². The van der Waals surface area contributed by atoms with Gasteiger partial charge in [-0.15, -0.1) is 0 Å². The number of hydrogen-bond acceptors (Lipinski definition) is 1. The highest BCUT2D eigenvalue weighted by atomic mass is 79.9. The van der Waals surface area contributed by atoms with Gasteiger partial charge in [-0.2, -0.15) is 0 Å². The monoisotopic (exact) mass is 247 g/mol. The Morgan fingerprint density at radius 1 is 1.54 bits per heavy atom. The molecule has 1 N–H and O–H groups in total. The quantitative estimate of drug-likeness (QED) is 0.761. The molecule has 0 bridgehead atoms. The van der Waals surface area contributed by atoms with Gasteiger partial charge in [-0.25, -0.2) is 0 Å². The van der Waals surface area contributed by atoms with Gasteiger partial charge in [0.1, 0.15) is 0 Å². The Morgan fingerprint density at radius 3 is 2.54 bits per heavy atom. The van der Waals surface area contributed by atoms with E-state index in [1.54, 1.807) is 0 Å². The fourth-order valence-corrected chi connectivity index (χ4v) is 1.52. The van der Waals surface area contributed by atoms with Crippen LogP contribution < -0.4 is 5.32 Å². The van der Waals surface area contributed by atoms with Gasteiger partial charge in [-0.05, 0) is 26.2 Å². The molecule has 2 nitrogen and oxygen atoms in total. The van der Waals surface area contributed by atoms with Gasteiger partial charge in [0.15, 0.2) is 0 Å². The van der Waals surface area contributed by atoms with E-state index >= 15 is 0 Å². The van der Waals surface area contributed by atoms with Crippen molar-refractivity contribution in [1.82, 2.24) is 5.32 Å². The van der Waals surface area contributed by atoms with Gasteiger partial charge in [-0.1, -0.05) is 35.2 Å². The Balaban J connectivity index is 2.08. The molecule has 0 heterocycles. The minimum atomic E-state index is -0.424. The molecule has 1 aliphatic carbocycles. The summed E-state index contributed by atoms with van der Waals surface area (Å²) in [6.45, 7) is 4.57. The molecule has 3 heteroatoms. The molecule has 0 aromatic heterocycles. The van der Waals surface area contributed by atoms with E-state index in [4.69, 9.17) is 0 Å². The summed E-state index contributed by atoms with van der Waals surface area (Å²) in [5.41, 5.74) is 0. The van der Waals surface area contributed by atoms with E-state index in [9.17, 15) is 4.79 Å². The second kappa shape index (κ2) is 4.45. The molecule has 0 unspecified atom stereocenters. The average Bonchev–Trinajstić information content (AvgIpc) is 1.91. The summed E-state index contributed by atoms with van der Waals surface area (Å²) < 4.78 is -0.424. The van der Waals surface area contributed by atoms with E-state index in [1.807, 2.05) is 13.8 Å². The van der Waals surface area contributed by atoms with E-state index in [0.29, 0.717) is 0 Å². The van der Waals surface area contributed by atoms with Gasteiger partial charge < -0.3 is 5.32 Å². The fraction of sp³-hybridized carbons (Fsp3) is 0.900. The van der Waals surface area contributed by atoms with Crippen LogP contribution in [0, 0.1) is 5.92 Å². The van der Waals surface area contributed by atoms with Crippen LogP contribution in [0.1, 0.15) is 39.5 Å². The van der Waals surface area contributed by atoms with Crippen molar-refractivity contribution in [2.75, 3.05) is 6.54 Å². The van der Waals surface area contributed by atoms with Crippen molar-refractivity contribution < 1.29 is 4.79 Å². The van der Waals surface area contributed by atoms with Crippen molar-refractivity contribution >= 4 is 21.8 Å². The highest BCUT2D eigenvalue weighted by Gasteiger charge is 2.23. The number of rotatable bonds is 4. The Labute approximate surface area is 88.6 Å². The number of alkyl halides is 1. The highest BCUT2D eigenvalue weighted by molar-refractivity contribution is 9.10. The molecule has 1 rings (SSSR count). The summed E-state index contributed by atoms with van der Waals surface area (Å²) in [7, 11) is 0. The standard InChI is InChI=1S/C10H18BrNO/c1-10(2,11)9(13)12-7-6-8-4-3-5-8/h8H,3-7H2,1-2H3,(H,12,13). The van der Waals surface area contributed by atoms with E-state index < -0.39 is 4.32 Å². The molecule has 0 spiro atoms. The molecule has 0 atom stereocenters. The molecule has 13 heavy (non-hydrogen) atoms. The third-order valence-electron chi connectivity index (χ3n) is 2.60. The van der Waals surface area contributed by atoms with Crippen LogP contribution >= 0.6 is 15.9 Å². The average molecular weight is 248 g/mol. The zero-order chi connectivity index (χ0) is 9.90. The van der Waals surface area contributed by atoms with Crippen molar-refractivity contribution in [2.24, 2.45) is 5.92 Å². The molecule has 1 aliphatic rings. The molecule has 0 radical (unpaired) electrons. The van der Waals surface area contributed by atoms with E-state index in [-0.39, 0.29) is 5.91 Å². The fourth-order valence-electron chi connectivity index (χ4n) is 1.38. The van der Waals surface area contributed by atoms with Crippen LogP contribution in [0.4, 0.5) is 0 Å². The normalized spacial score (nSPS) is 18.1. The Kier molecular flexibility index (Phi) is 3.77. The summed E-state index contributed by atoms with van der Waals surface area (Å²) in [6, 6.07) is 0. The SMILES string of the molecule is CC(C)(Br)C(=O)NCCC1CCC1. The maximum atomic E-state index is 11.4.